The number of halogens is 1. The molecule has 2 N–H and O–H groups in total. The molecular weight excluding hydrogens is 477 g/mol. The number of piperidine rings is 1. The Labute approximate surface area is 193 Å². The minimum Gasteiger partial charge on any atom is -0.468 e. The summed E-state index contributed by atoms with van der Waals surface area (Å²) in [5.74, 6) is 3.38. The first-order valence-corrected chi connectivity index (χ1v) is 11.1. The van der Waals surface area contributed by atoms with Crippen LogP contribution in [0.4, 0.5) is 0 Å². The third kappa shape index (κ3) is 7.75. The summed E-state index contributed by atoms with van der Waals surface area (Å²) < 4.78 is 5.73. The van der Waals surface area contributed by atoms with Crippen molar-refractivity contribution in [1.82, 2.24) is 20.4 Å². The third-order valence-corrected chi connectivity index (χ3v) is 5.92. The van der Waals surface area contributed by atoms with Gasteiger partial charge in [-0.1, -0.05) is 13.8 Å². The van der Waals surface area contributed by atoms with Gasteiger partial charge in [-0.05, 0) is 69.3 Å². The van der Waals surface area contributed by atoms with E-state index in [1.165, 1.54) is 45.3 Å². The normalized spacial score (nSPS) is 22.5. The Bertz CT molecular complexity index is 586. The maximum absolute atomic E-state index is 5.73. The molecule has 0 aromatic carbocycles. The highest BCUT2D eigenvalue weighted by Gasteiger charge is 2.26. The molecule has 2 atom stereocenters. The van der Waals surface area contributed by atoms with Crippen molar-refractivity contribution in [2.75, 3.05) is 52.9 Å². The SMILES string of the molecule is CN=C(NCC1CCCN(CC(C)C)C1)NCC(c1ccco1)N1CCCC1.I. The van der Waals surface area contributed by atoms with Crippen molar-refractivity contribution in [3.8, 4) is 0 Å². The fraction of sp³-hybridized carbons (Fsp3) is 0.773. The van der Waals surface area contributed by atoms with Gasteiger partial charge in [-0.25, -0.2) is 0 Å². The lowest BCUT2D eigenvalue weighted by Crippen LogP contribution is -2.46. The molecule has 3 heterocycles. The largest absolute Gasteiger partial charge is 0.468 e. The lowest BCUT2D eigenvalue weighted by molar-refractivity contribution is 0.159. The van der Waals surface area contributed by atoms with E-state index in [0.717, 1.165) is 43.8 Å². The standard InChI is InChI=1S/C22H39N5O.HI/c1-18(2)16-26-10-6-8-19(17-26)14-24-22(23-3)25-15-20(21-9-7-13-28-21)27-11-4-5-12-27;/h7,9,13,18-20H,4-6,8,10-12,14-17H2,1-3H3,(H2,23,24,25);1H. The minimum atomic E-state index is 0. The molecule has 0 spiro atoms. The van der Waals surface area contributed by atoms with Gasteiger partial charge in [0.05, 0.1) is 12.3 Å². The van der Waals surface area contributed by atoms with Crippen molar-refractivity contribution in [3.05, 3.63) is 24.2 Å². The van der Waals surface area contributed by atoms with Gasteiger partial charge in [0.1, 0.15) is 5.76 Å². The van der Waals surface area contributed by atoms with E-state index in [1.807, 2.05) is 13.1 Å². The zero-order valence-electron chi connectivity index (χ0n) is 18.4. The Morgan fingerprint density at radius 1 is 1.21 bits per heavy atom. The van der Waals surface area contributed by atoms with Crippen LogP contribution in [0.25, 0.3) is 0 Å². The minimum absolute atomic E-state index is 0. The van der Waals surface area contributed by atoms with Gasteiger partial charge in [0.2, 0.25) is 0 Å². The first kappa shape index (κ1) is 24.5. The predicted octanol–water partition coefficient (Wildman–Crippen LogP) is 3.57. The Hall–Kier alpha value is -0.800. The lowest BCUT2D eigenvalue weighted by atomic mass is 9.97. The molecule has 2 unspecified atom stereocenters. The van der Waals surface area contributed by atoms with E-state index < -0.39 is 0 Å². The molecular formula is C22H40IN5O. The molecule has 166 valence electrons. The van der Waals surface area contributed by atoms with Gasteiger partial charge >= 0.3 is 0 Å². The van der Waals surface area contributed by atoms with Crippen LogP contribution in [0.2, 0.25) is 0 Å². The van der Waals surface area contributed by atoms with Crippen LogP contribution >= 0.6 is 24.0 Å². The lowest BCUT2D eigenvalue weighted by Gasteiger charge is -2.34. The number of hydrogen-bond acceptors (Lipinski definition) is 4. The summed E-state index contributed by atoms with van der Waals surface area (Å²) in [5, 5.41) is 7.11. The average molecular weight is 518 g/mol. The van der Waals surface area contributed by atoms with E-state index in [9.17, 15) is 0 Å². The highest BCUT2D eigenvalue weighted by atomic mass is 127. The van der Waals surface area contributed by atoms with E-state index in [2.05, 4.69) is 45.3 Å². The molecule has 2 aliphatic rings. The van der Waals surface area contributed by atoms with Crippen LogP contribution in [0, 0.1) is 11.8 Å². The summed E-state index contributed by atoms with van der Waals surface area (Å²) in [7, 11) is 1.86. The van der Waals surface area contributed by atoms with E-state index in [-0.39, 0.29) is 30.0 Å². The average Bonchev–Trinajstić information content (AvgIpc) is 3.39. The zero-order chi connectivity index (χ0) is 19.8. The summed E-state index contributed by atoms with van der Waals surface area (Å²) in [6.07, 6.45) is 6.94. The van der Waals surface area contributed by atoms with Crippen molar-refractivity contribution < 1.29 is 4.42 Å². The van der Waals surface area contributed by atoms with Crippen molar-refractivity contribution in [2.45, 2.75) is 45.6 Å². The van der Waals surface area contributed by atoms with Crippen LogP contribution < -0.4 is 10.6 Å². The van der Waals surface area contributed by atoms with Crippen molar-refractivity contribution in [3.63, 3.8) is 0 Å². The van der Waals surface area contributed by atoms with Crippen molar-refractivity contribution in [1.29, 1.82) is 0 Å². The van der Waals surface area contributed by atoms with Gasteiger partial charge in [0.15, 0.2) is 5.96 Å². The van der Waals surface area contributed by atoms with E-state index in [1.54, 1.807) is 6.26 Å². The fourth-order valence-corrected chi connectivity index (χ4v) is 4.60. The first-order valence-electron chi connectivity index (χ1n) is 11.1. The van der Waals surface area contributed by atoms with Gasteiger partial charge < -0.3 is 20.0 Å². The summed E-state index contributed by atoms with van der Waals surface area (Å²) in [6.45, 7) is 12.4. The Morgan fingerprint density at radius 2 is 2.00 bits per heavy atom. The van der Waals surface area contributed by atoms with Crippen LogP contribution in [-0.2, 0) is 0 Å². The van der Waals surface area contributed by atoms with Crippen LogP contribution in [-0.4, -0.2) is 68.6 Å². The molecule has 2 saturated heterocycles. The highest BCUT2D eigenvalue weighted by molar-refractivity contribution is 14.0. The molecule has 1 aromatic heterocycles. The number of likely N-dealkylation sites (tertiary alicyclic amines) is 2. The fourth-order valence-electron chi connectivity index (χ4n) is 4.60. The third-order valence-electron chi connectivity index (χ3n) is 5.92. The molecule has 2 aliphatic heterocycles. The maximum atomic E-state index is 5.73. The van der Waals surface area contributed by atoms with Crippen molar-refractivity contribution >= 4 is 29.9 Å². The van der Waals surface area contributed by atoms with Gasteiger partial charge in [-0.2, -0.15) is 0 Å². The molecule has 0 bridgehead atoms. The number of hydrogen-bond donors (Lipinski definition) is 2. The van der Waals surface area contributed by atoms with Gasteiger partial charge in [0, 0.05) is 33.2 Å². The Morgan fingerprint density at radius 3 is 2.66 bits per heavy atom. The topological polar surface area (TPSA) is 56.0 Å². The number of rotatable bonds is 8. The number of furan rings is 1. The van der Waals surface area contributed by atoms with Crippen LogP contribution in [0.3, 0.4) is 0 Å². The zero-order valence-corrected chi connectivity index (χ0v) is 20.7. The highest BCUT2D eigenvalue weighted by Crippen LogP contribution is 2.24. The second-order valence-electron chi connectivity index (χ2n) is 8.77. The quantitative estimate of drug-likeness (QED) is 0.314. The molecule has 2 fully saturated rings. The van der Waals surface area contributed by atoms with E-state index in [0.29, 0.717) is 5.92 Å². The summed E-state index contributed by atoms with van der Waals surface area (Å²) >= 11 is 0. The van der Waals surface area contributed by atoms with Crippen LogP contribution in [0.5, 0.6) is 0 Å². The molecule has 6 nitrogen and oxygen atoms in total. The molecule has 7 heteroatoms. The number of nitrogens with one attached hydrogen (secondary N) is 2. The first-order chi connectivity index (χ1) is 13.7. The van der Waals surface area contributed by atoms with Crippen molar-refractivity contribution in [2.24, 2.45) is 16.8 Å². The molecule has 0 aliphatic carbocycles. The Kier molecular flexibility index (Phi) is 10.8. The smallest absolute Gasteiger partial charge is 0.191 e. The molecule has 29 heavy (non-hydrogen) atoms. The van der Waals surface area contributed by atoms with E-state index >= 15 is 0 Å². The van der Waals surface area contributed by atoms with Gasteiger partial charge in [-0.15, -0.1) is 24.0 Å². The van der Waals surface area contributed by atoms with Crippen LogP contribution in [0.1, 0.15) is 51.3 Å². The molecule has 0 radical (unpaired) electrons. The molecule has 0 amide bonds. The monoisotopic (exact) mass is 517 g/mol. The molecule has 0 saturated carbocycles. The summed E-state index contributed by atoms with van der Waals surface area (Å²) in [5.41, 5.74) is 0. The molecule has 1 aromatic rings. The maximum Gasteiger partial charge on any atom is 0.191 e. The number of aliphatic imine (C=N–C) groups is 1. The predicted molar refractivity (Wildman–Crippen MR) is 131 cm³/mol. The summed E-state index contributed by atoms with van der Waals surface area (Å²) in [6, 6.07) is 4.34. The van der Waals surface area contributed by atoms with Gasteiger partial charge in [0.25, 0.3) is 0 Å². The molecule has 3 rings (SSSR count). The second kappa shape index (κ2) is 12.8. The number of nitrogens with zero attached hydrogens (tertiary/aromatic N) is 3. The number of guanidine groups is 1. The van der Waals surface area contributed by atoms with Crippen LogP contribution in [0.15, 0.2) is 27.8 Å². The summed E-state index contributed by atoms with van der Waals surface area (Å²) in [4.78, 5) is 9.59. The Balaban J connectivity index is 0.00000300. The van der Waals surface area contributed by atoms with Gasteiger partial charge in [-0.3, -0.25) is 9.89 Å². The van der Waals surface area contributed by atoms with E-state index in [4.69, 9.17) is 4.42 Å². The second-order valence-corrected chi connectivity index (χ2v) is 8.77.